The van der Waals surface area contributed by atoms with E-state index in [4.69, 9.17) is 23.2 Å². The van der Waals surface area contributed by atoms with Crippen LogP contribution in [0.15, 0.2) is 18.2 Å². The van der Waals surface area contributed by atoms with Crippen LogP contribution in [-0.4, -0.2) is 16.3 Å². The third kappa shape index (κ3) is 2.34. The van der Waals surface area contributed by atoms with E-state index in [1.165, 1.54) is 0 Å². The third-order valence-electron chi connectivity index (χ3n) is 1.20. The SMILES string of the molecule is Cl.[AlH2][c]1c(Cl)cccc1Cl. The summed E-state index contributed by atoms with van der Waals surface area (Å²) in [6.45, 7) is 0. The van der Waals surface area contributed by atoms with Crippen LogP contribution in [0.5, 0.6) is 0 Å². The van der Waals surface area contributed by atoms with E-state index in [0.717, 1.165) is 30.8 Å². The van der Waals surface area contributed by atoms with Crippen molar-refractivity contribution in [3.05, 3.63) is 28.2 Å². The maximum absolute atomic E-state index is 5.76. The van der Waals surface area contributed by atoms with Gasteiger partial charge in [-0.3, -0.25) is 0 Å². The molecule has 0 radical (unpaired) electrons. The van der Waals surface area contributed by atoms with Crippen molar-refractivity contribution in [2.75, 3.05) is 0 Å². The number of rotatable bonds is 0. The van der Waals surface area contributed by atoms with E-state index >= 15 is 0 Å². The van der Waals surface area contributed by atoms with Crippen LogP contribution in [-0.2, 0) is 0 Å². The Labute approximate surface area is 84.4 Å². The molecule has 0 saturated carbocycles. The minimum absolute atomic E-state index is 0. The zero-order valence-corrected chi connectivity index (χ0v) is 9.72. The van der Waals surface area contributed by atoms with Gasteiger partial charge in [0.1, 0.15) is 0 Å². The van der Waals surface area contributed by atoms with Crippen LogP contribution >= 0.6 is 35.6 Å². The summed E-state index contributed by atoms with van der Waals surface area (Å²) in [4.78, 5) is 0. The second-order valence-electron chi connectivity index (χ2n) is 1.85. The number of hydrogen-bond donors (Lipinski definition) is 0. The Morgan fingerprint density at radius 2 is 1.50 bits per heavy atom. The lowest BCUT2D eigenvalue weighted by Gasteiger charge is -1.97. The lowest BCUT2D eigenvalue weighted by atomic mass is 10.4. The summed E-state index contributed by atoms with van der Waals surface area (Å²) in [5.41, 5.74) is 0. The summed E-state index contributed by atoms with van der Waals surface area (Å²) in [6, 6.07) is 5.57. The summed E-state index contributed by atoms with van der Waals surface area (Å²) in [5, 5.41) is 1.57. The highest BCUT2D eigenvalue weighted by atomic mass is 35.5. The first-order chi connectivity index (χ1) is 4.22. The molecule has 4 heteroatoms. The molecule has 0 aromatic heterocycles. The predicted octanol–water partition coefficient (Wildman–Crippen LogP) is 1.67. The molecule has 0 N–H and O–H groups in total. The average Bonchev–Trinajstić information content (AvgIpc) is 1.83. The number of hydrogen-bond acceptors (Lipinski definition) is 0. The minimum Gasteiger partial charge on any atom is -0.147 e. The van der Waals surface area contributed by atoms with Crippen LogP contribution < -0.4 is 4.43 Å². The fourth-order valence-electron chi connectivity index (χ4n) is 0.581. The highest BCUT2D eigenvalue weighted by Crippen LogP contribution is 2.10. The average molecular weight is 211 g/mol. The summed E-state index contributed by atoms with van der Waals surface area (Å²) in [6.07, 6.45) is 0. The zero-order chi connectivity index (χ0) is 6.85. The van der Waals surface area contributed by atoms with Crippen LogP contribution in [0.3, 0.4) is 0 Å². The topological polar surface area (TPSA) is 0 Å². The Morgan fingerprint density at radius 1 is 1.10 bits per heavy atom. The zero-order valence-electron chi connectivity index (χ0n) is 5.40. The standard InChI is InChI=1S/C6H3Cl2.Al.ClH.2H/c7-5-2-1-3-6(8)4-5;;;;/h1-3H;;1H;;. The molecule has 0 fully saturated rings. The molecular weight excluding hydrogens is 205 g/mol. The first-order valence-corrected chi connectivity index (χ1v) is 4.38. The molecule has 1 aromatic carbocycles. The lowest BCUT2D eigenvalue weighted by molar-refractivity contribution is 1.77. The summed E-state index contributed by atoms with van der Waals surface area (Å²) in [7, 11) is 0. The second-order valence-corrected chi connectivity index (χ2v) is 3.66. The van der Waals surface area contributed by atoms with Crippen molar-refractivity contribution in [2.45, 2.75) is 0 Å². The first kappa shape index (κ1) is 10.6. The molecule has 1 aromatic rings. The van der Waals surface area contributed by atoms with Crippen LogP contribution in [0.2, 0.25) is 10.0 Å². The van der Waals surface area contributed by atoms with Gasteiger partial charge in [-0.15, -0.1) is 12.4 Å². The molecule has 0 atom stereocenters. The molecule has 1 rings (SSSR count). The summed E-state index contributed by atoms with van der Waals surface area (Å²) < 4.78 is 1.08. The lowest BCUT2D eigenvalue weighted by Crippen LogP contribution is -2.04. The molecule has 0 spiro atoms. The van der Waals surface area contributed by atoms with E-state index in [1.807, 2.05) is 18.2 Å². The van der Waals surface area contributed by atoms with E-state index in [1.54, 1.807) is 0 Å². The van der Waals surface area contributed by atoms with Crippen LogP contribution in [0.1, 0.15) is 0 Å². The highest BCUT2D eigenvalue weighted by molar-refractivity contribution is 6.51. The van der Waals surface area contributed by atoms with E-state index < -0.39 is 0 Å². The Hall–Kier alpha value is 0.622. The van der Waals surface area contributed by atoms with E-state index in [0.29, 0.717) is 0 Å². The molecule has 0 nitrogen and oxygen atoms in total. The fraction of sp³-hybridized carbons (Fsp3) is 0. The van der Waals surface area contributed by atoms with Crippen molar-refractivity contribution in [1.29, 1.82) is 0 Å². The third-order valence-corrected chi connectivity index (χ3v) is 3.73. The highest BCUT2D eigenvalue weighted by Gasteiger charge is 1.95. The molecule has 0 amide bonds. The smallest absolute Gasteiger partial charge is 0.147 e. The van der Waals surface area contributed by atoms with Gasteiger partial charge in [-0.05, 0) is 12.1 Å². The van der Waals surface area contributed by atoms with Gasteiger partial charge in [-0.2, -0.15) is 0 Å². The molecule has 0 unspecified atom stereocenters. The Bertz CT molecular complexity index is 204. The maximum atomic E-state index is 5.76. The van der Waals surface area contributed by atoms with E-state index in [2.05, 4.69) is 0 Å². The fourth-order valence-corrected chi connectivity index (χ4v) is 1.31. The van der Waals surface area contributed by atoms with E-state index in [9.17, 15) is 0 Å². The summed E-state index contributed by atoms with van der Waals surface area (Å²) in [5.74, 6) is 0. The monoisotopic (exact) mass is 210 g/mol. The Morgan fingerprint density at radius 3 is 1.80 bits per heavy atom. The molecule has 0 aliphatic carbocycles. The van der Waals surface area contributed by atoms with Gasteiger partial charge in [0.2, 0.25) is 0 Å². The van der Waals surface area contributed by atoms with Gasteiger partial charge < -0.3 is 0 Å². The van der Waals surface area contributed by atoms with Gasteiger partial charge in [0, 0.05) is 10.0 Å². The van der Waals surface area contributed by atoms with Crippen molar-refractivity contribution < 1.29 is 0 Å². The molecule has 0 heterocycles. The molecule has 54 valence electrons. The maximum Gasteiger partial charge on any atom is 0.263 e. The van der Waals surface area contributed by atoms with Crippen LogP contribution in [0.4, 0.5) is 0 Å². The molecule has 10 heavy (non-hydrogen) atoms. The Balaban J connectivity index is 0.000000810. The van der Waals surface area contributed by atoms with Crippen molar-refractivity contribution >= 4 is 56.3 Å². The van der Waals surface area contributed by atoms with E-state index in [-0.39, 0.29) is 12.4 Å². The Kier molecular flexibility index (Phi) is 4.77. The van der Waals surface area contributed by atoms with Crippen LogP contribution in [0, 0.1) is 0 Å². The molecule has 0 aliphatic heterocycles. The second kappa shape index (κ2) is 4.49. The summed E-state index contributed by atoms with van der Waals surface area (Å²) >= 11 is 12.4. The van der Waals surface area contributed by atoms with Gasteiger partial charge in [-0.25, -0.2) is 0 Å². The largest absolute Gasteiger partial charge is 0.263 e. The van der Waals surface area contributed by atoms with Gasteiger partial charge in [0.15, 0.2) is 0 Å². The molecule has 0 aliphatic rings. The number of benzene rings is 1. The van der Waals surface area contributed by atoms with Gasteiger partial charge in [-0.1, -0.05) is 33.7 Å². The van der Waals surface area contributed by atoms with Crippen molar-refractivity contribution in [2.24, 2.45) is 0 Å². The van der Waals surface area contributed by atoms with Gasteiger partial charge in [0.25, 0.3) is 16.3 Å². The molecule has 0 bridgehead atoms. The predicted molar refractivity (Wildman–Crippen MR) is 51.9 cm³/mol. The minimum atomic E-state index is 0. The van der Waals surface area contributed by atoms with Crippen molar-refractivity contribution in [3.63, 3.8) is 0 Å². The van der Waals surface area contributed by atoms with Gasteiger partial charge >= 0.3 is 0 Å². The first-order valence-electron chi connectivity index (χ1n) is 2.62. The normalized spacial score (nSPS) is 8.60. The molecular formula is C6H6AlCl3. The number of halogens is 3. The quantitative estimate of drug-likeness (QED) is 0.573. The van der Waals surface area contributed by atoms with Crippen molar-refractivity contribution in [1.82, 2.24) is 0 Å². The van der Waals surface area contributed by atoms with Crippen LogP contribution in [0.25, 0.3) is 0 Å². The van der Waals surface area contributed by atoms with Crippen molar-refractivity contribution in [3.8, 4) is 0 Å². The molecule has 0 saturated heterocycles. The van der Waals surface area contributed by atoms with Gasteiger partial charge in [0.05, 0.1) is 0 Å².